The zero-order valence-electron chi connectivity index (χ0n) is 18.9. The molecule has 0 aliphatic rings. The molecule has 1 amide bonds. The highest BCUT2D eigenvalue weighted by Crippen LogP contribution is 2.19. The van der Waals surface area contributed by atoms with E-state index in [9.17, 15) is 13.2 Å². The van der Waals surface area contributed by atoms with E-state index in [4.69, 9.17) is 4.74 Å². The Morgan fingerprint density at radius 3 is 2.50 bits per heavy atom. The van der Waals surface area contributed by atoms with E-state index < -0.39 is 15.9 Å². The maximum atomic E-state index is 13.3. The molecular formula is C26H27N3O4S. The highest BCUT2D eigenvalue weighted by Gasteiger charge is 2.26. The molecule has 0 saturated carbocycles. The minimum absolute atomic E-state index is 0.0525. The minimum Gasteiger partial charge on any atom is -0.490 e. The zero-order chi connectivity index (χ0) is 24.4. The summed E-state index contributed by atoms with van der Waals surface area (Å²) in [6.07, 6.45) is 3.11. The van der Waals surface area contributed by atoms with Gasteiger partial charge in [-0.1, -0.05) is 72.8 Å². The first-order chi connectivity index (χ1) is 16.4. The minimum atomic E-state index is -3.91. The van der Waals surface area contributed by atoms with Crippen LogP contribution in [0.5, 0.6) is 5.75 Å². The van der Waals surface area contributed by atoms with E-state index in [1.807, 2.05) is 37.3 Å². The van der Waals surface area contributed by atoms with Crippen LogP contribution < -0.4 is 10.2 Å². The van der Waals surface area contributed by atoms with Crippen LogP contribution in [0.1, 0.15) is 16.7 Å². The fourth-order valence-electron chi connectivity index (χ4n) is 3.09. The first kappa shape index (κ1) is 24.9. The Morgan fingerprint density at radius 1 is 1.06 bits per heavy atom. The van der Waals surface area contributed by atoms with Gasteiger partial charge >= 0.3 is 0 Å². The fourth-order valence-corrected chi connectivity index (χ4v) is 4.47. The van der Waals surface area contributed by atoms with Crippen molar-refractivity contribution in [2.45, 2.75) is 18.4 Å². The molecule has 0 saturated heterocycles. The summed E-state index contributed by atoms with van der Waals surface area (Å²) in [6, 6.07) is 22.8. The van der Waals surface area contributed by atoms with E-state index in [0.29, 0.717) is 12.4 Å². The lowest BCUT2D eigenvalue weighted by Gasteiger charge is -2.21. The number of carbonyl (C=O) groups is 1. The standard InChI is InChI=1S/C26H27N3O4S/c1-3-16-33-24-11-7-10-23(17-24)18-27-28-26(30)20-29(19-22-8-5-4-6-9-22)34(31,32)25-14-12-21(2)13-15-25/h3-15,17-18H,1,16,19-20H2,2H3,(H,28,30)/b27-18-. The topological polar surface area (TPSA) is 88.1 Å². The van der Waals surface area contributed by atoms with Gasteiger partial charge in [-0.3, -0.25) is 4.79 Å². The molecule has 8 heteroatoms. The summed E-state index contributed by atoms with van der Waals surface area (Å²) in [5.41, 5.74) is 4.84. The van der Waals surface area contributed by atoms with E-state index in [1.165, 1.54) is 6.21 Å². The van der Waals surface area contributed by atoms with E-state index in [0.717, 1.165) is 21.0 Å². The number of sulfonamides is 1. The molecule has 0 fully saturated rings. The number of nitrogens with zero attached hydrogens (tertiary/aromatic N) is 2. The second-order valence-corrected chi connectivity index (χ2v) is 9.48. The lowest BCUT2D eigenvalue weighted by Crippen LogP contribution is -2.39. The molecule has 0 aliphatic carbocycles. The summed E-state index contributed by atoms with van der Waals surface area (Å²) in [5, 5.41) is 3.97. The molecular weight excluding hydrogens is 450 g/mol. The van der Waals surface area contributed by atoms with Crippen molar-refractivity contribution in [1.29, 1.82) is 0 Å². The Bertz CT molecular complexity index is 1240. The summed E-state index contributed by atoms with van der Waals surface area (Å²) in [7, 11) is -3.91. The molecule has 0 spiro atoms. The van der Waals surface area contributed by atoms with Gasteiger partial charge in [-0.15, -0.1) is 0 Å². The molecule has 3 aromatic rings. The Balaban J connectivity index is 1.73. The first-order valence-corrected chi connectivity index (χ1v) is 12.1. The molecule has 0 heterocycles. The predicted octanol–water partition coefficient (Wildman–Crippen LogP) is 3.90. The summed E-state index contributed by atoms with van der Waals surface area (Å²) >= 11 is 0. The molecule has 0 unspecified atom stereocenters. The highest BCUT2D eigenvalue weighted by atomic mass is 32.2. The van der Waals surface area contributed by atoms with Gasteiger partial charge < -0.3 is 4.74 Å². The molecule has 7 nitrogen and oxygen atoms in total. The molecule has 3 rings (SSSR count). The van der Waals surface area contributed by atoms with Crippen LogP contribution in [-0.2, 0) is 21.4 Å². The van der Waals surface area contributed by atoms with Crippen LogP contribution in [0.4, 0.5) is 0 Å². The third-order valence-electron chi connectivity index (χ3n) is 4.81. The van der Waals surface area contributed by atoms with Crippen LogP contribution in [-0.4, -0.2) is 38.0 Å². The average molecular weight is 478 g/mol. The molecule has 3 aromatic carbocycles. The van der Waals surface area contributed by atoms with E-state index in [2.05, 4.69) is 17.1 Å². The number of carbonyl (C=O) groups excluding carboxylic acids is 1. The largest absolute Gasteiger partial charge is 0.490 e. The average Bonchev–Trinajstić information content (AvgIpc) is 2.83. The van der Waals surface area contributed by atoms with Crippen molar-refractivity contribution in [2.75, 3.05) is 13.2 Å². The maximum Gasteiger partial charge on any atom is 0.255 e. The number of rotatable bonds is 11. The first-order valence-electron chi connectivity index (χ1n) is 10.6. The Labute approximate surface area is 200 Å². The van der Waals surface area contributed by atoms with Gasteiger partial charge in [0.1, 0.15) is 12.4 Å². The Morgan fingerprint density at radius 2 is 1.79 bits per heavy atom. The molecule has 0 atom stereocenters. The van der Waals surface area contributed by atoms with E-state index >= 15 is 0 Å². The number of hydrazone groups is 1. The summed E-state index contributed by atoms with van der Waals surface area (Å²) in [6.45, 7) is 5.54. The Hall–Kier alpha value is -3.75. The predicted molar refractivity (Wildman–Crippen MR) is 133 cm³/mol. The fraction of sp³-hybridized carbons (Fsp3) is 0.154. The van der Waals surface area contributed by atoms with Crippen LogP contribution in [0.2, 0.25) is 0 Å². The third kappa shape index (κ3) is 7.13. The SMILES string of the molecule is C=CCOc1cccc(/C=N\NC(=O)CN(Cc2ccccc2)S(=O)(=O)c2ccc(C)cc2)c1. The summed E-state index contributed by atoms with van der Waals surface area (Å²) < 4.78 is 33.2. The second kappa shape index (κ2) is 11.9. The number of hydrogen-bond acceptors (Lipinski definition) is 5. The van der Waals surface area contributed by atoms with Crippen LogP contribution in [0.25, 0.3) is 0 Å². The van der Waals surface area contributed by atoms with Crippen molar-refractivity contribution in [2.24, 2.45) is 5.10 Å². The molecule has 0 radical (unpaired) electrons. The van der Waals surface area contributed by atoms with Crippen molar-refractivity contribution in [3.05, 3.63) is 108 Å². The number of amides is 1. The smallest absolute Gasteiger partial charge is 0.255 e. The lowest BCUT2D eigenvalue weighted by molar-refractivity contribution is -0.121. The van der Waals surface area contributed by atoms with Gasteiger partial charge in [-0.2, -0.15) is 9.41 Å². The van der Waals surface area contributed by atoms with E-state index in [-0.39, 0.29) is 18.0 Å². The molecule has 0 bridgehead atoms. The van der Waals surface area contributed by atoms with Gasteiger partial charge in [0.2, 0.25) is 10.0 Å². The highest BCUT2D eigenvalue weighted by molar-refractivity contribution is 7.89. The van der Waals surface area contributed by atoms with Crippen LogP contribution in [0, 0.1) is 6.92 Å². The number of benzene rings is 3. The second-order valence-electron chi connectivity index (χ2n) is 7.54. The van der Waals surface area contributed by atoms with Crippen molar-refractivity contribution < 1.29 is 17.9 Å². The van der Waals surface area contributed by atoms with Crippen LogP contribution in [0.3, 0.4) is 0 Å². The number of hydrogen-bond donors (Lipinski definition) is 1. The normalized spacial score (nSPS) is 11.5. The third-order valence-corrected chi connectivity index (χ3v) is 6.62. The molecule has 34 heavy (non-hydrogen) atoms. The quantitative estimate of drug-likeness (QED) is 0.258. The van der Waals surface area contributed by atoms with Crippen molar-refractivity contribution in [3.8, 4) is 5.75 Å². The van der Waals surface area contributed by atoms with Gasteiger partial charge in [0.05, 0.1) is 17.7 Å². The maximum absolute atomic E-state index is 13.3. The van der Waals surface area contributed by atoms with Gasteiger partial charge in [0, 0.05) is 6.54 Å². The monoisotopic (exact) mass is 477 g/mol. The van der Waals surface area contributed by atoms with Gasteiger partial charge in [0.25, 0.3) is 5.91 Å². The molecule has 0 aromatic heterocycles. The van der Waals surface area contributed by atoms with Crippen molar-refractivity contribution in [3.63, 3.8) is 0 Å². The number of aryl methyl sites for hydroxylation is 1. The summed E-state index contributed by atoms with van der Waals surface area (Å²) in [5.74, 6) is 0.0929. The van der Waals surface area contributed by atoms with Gasteiger partial charge in [-0.05, 0) is 42.3 Å². The lowest BCUT2D eigenvalue weighted by atomic mass is 10.2. The van der Waals surface area contributed by atoms with Crippen molar-refractivity contribution in [1.82, 2.24) is 9.73 Å². The zero-order valence-corrected chi connectivity index (χ0v) is 19.7. The van der Waals surface area contributed by atoms with E-state index in [1.54, 1.807) is 54.6 Å². The Kier molecular flexibility index (Phi) is 8.73. The van der Waals surface area contributed by atoms with Crippen LogP contribution in [0.15, 0.2) is 102 Å². The molecule has 1 N–H and O–H groups in total. The van der Waals surface area contributed by atoms with Gasteiger partial charge in [-0.25, -0.2) is 13.8 Å². The van der Waals surface area contributed by atoms with Crippen LogP contribution >= 0.6 is 0 Å². The number of ether oxygens (including phenoxy) is 1. The molecule has 0 aliphatic heterocycles. The van der Waals surface area contributed by atoms with Gasteiger partial charge in [0.15, 0.2) is 0 Å². The number of nitrogens with one attached hydrogen (secondary N) is 1. The van der Waals surface area contributed by atoms with Crippen molar-refractivity contribution >= 4 is 22.1 Å². The summed E-state index contributed by atoms with van der Waals surface area (Å²) in [4.78, 5) is 12.7. The molecule has 176 valence electrons.